The van der Waals surface area contributed by atoms with Gasteiger partial charge in [-0.2, -0.15) is 0 Å². The third kappa shape index (κ3) is 3.23. The Kier molecular flexibility index (Phi) is 4.85. The fourth-order valence-electron chi connectivity index (χ4n) is 2.95. The average molecular weight is 368 g/mol. The number of carbonyl (C=O) groups is 3. The number of hydrogen-bond acceptors (Lipinski definition) is 5. The molecule has 0 bridgehead atoms. The number of nitrogens with one attached hydrogen (secondary N) is 1. The van der Waals surface area contributed by atoms with Crippen LogP contribution in [-0.2, 0) is 14.3 Å². The zero-order chi connectivity index (χ0) is 19.6. The molecule has 3 rings (SSSR count). The van der Waals surface area contributed by atoms with Crippen molar-refractivity contribution in [3.05, 3.63) is 54.1 Å². The zero-order valence-corrected chi connectivity index (χ0v) is 15.3. The molecular formula is C20H20N2O5. The Morgan fingerprint density at radius 3 is 2.63 bits per heavy atom. The highest BCUT2D eigenvalue weighted by Gasteiger charge is 2.50. The molecule has 1 atom stereocenters. The van der Waals surface area contributed by atoms with Crippen molar-refractivity contribution in [3.8, 4) is 5.75 Å². The number of fused-ring (bicyclic) bond motifs is 1. The van der Waals surface area contributed by atoms with Crippen LogP contribution in [-0.4, -0.2) is 37.0 Å². The molecule has 1 heterocycles. The van der Waals surface area contributed by atoms with E-state index in [4.69, 9.17) is 4.74 Å². The van der Waals surface area contributed by atoms with Crippen molar-refractivity contribution in [1.29, 1.82) is 0 Å². The molecule has 2 aromatic carbocycles. The van der Waals surface area contributed by atoms with Crippen molar-refractivity contribution in [2.45, 2.75) is 19.4 Å². The SMILES string of the molecule is CCN1C(=O)C(C)(C(=O)Nc2cccc(C(=O)OC)c2)Oc2ccccc21. The summed E-state index contributed by atoms with van der Waals surface area (Å²) in [5.74, 6) is -1.14. The van der Waals surface area contributed by atoms with Crippen molar-refractivity contribution in [3.63, 3.8) is 0 Å². The molecule has 1 unspecified atom stereocenters. The van der Waals surface area contributed by atoms with Gasteiger partial charge in [-0.15, -0.1) is 0 Å². The second kappa shape index (κ2) is 7.11. The summed E-state index contributed by atoms with van der Waals surface area (Å²) in [6, 6.07) is 13.3. The maximum atomic E-state index is 13.0. The molecule has 0 fully saturated rings. The number of anilines is 2. The van der Waals surface area contributed by atoms with E-state index in [1.807, 2.05) is 6.92 Å². The Morgan fingerprint density at radius 1 is 1.19 bits per heavy atom. The third-order valence-corrected chi connectivity index (χ3v) is 4.41. The maximum absolute atomic E-state index is 13.0. The van der Waals surface area contributed by atoms with Crippen molar-refractivity contribution in [1.82, 2.24) is 0 Å². The van der Waals surface area contributed by atoms with Gasteiger partial charge >= 0.3 is 5.97 Å². The largest absolute Gasteiger partial charge is 0.465 e. The lowest BCUT2D eigenvalue weighted by Crippen LogP contribution is -2.60. The van der Waals surface area contributed by atoms with E-state index >= 15 is 0 Å². The van der Waals surface area contributed by atoms with Crippen LogP contribution < -0.4 is 15.0 Å². The van der Waals surface area contributed by atoms with Gasteiger partial charge in [0.15, 0.2) is 0 Å². The number of esters is 1. The van der Waals surface area contributed by atoms with Crippen LogP contribution in [0.4, 0.5) is 11.4 Å². The summed E-state index contributed by atoms with van der Waals surface area (Å²) in [4.78, 5) is 39.1. The molecule has 2 aromatic rings. The van der Waals surface area contributed by atoms with Crippen LogP contribution in [0.2, 0.25) is 0 Å². The number of para-hydroxylation sites is 2. The van der Waals surface area contributed by atoms with Crippen LogP contribution in [0, 0.1) is 0 Å². The Bertz CT molecular complexity index is 911. The molecule has 140 valence electrons. The van der Waals surface area contributed by atoms with E-state index in [1.165, 1.54) is 25.0 Å². The number of rotatable bonds is 4. The zero-order valence-electron chi connectivity index (χ0n) is 15.3. The molecule has 0 aliphatic carbocycles. The van der Waals surface area contributed by atoms with Gasteiger partial charge in [-0.3, -0.25) is 9.59 Å². The second-order valence-corrected chi connectivity index (χ2v) is 6.18. The fraction of sp³-hybridized carbons (Fsp3) is 0.250. The molecule has 0 saturated heterocycles. The molecule has 1 aliphatic rings. The molecule has 1 aliphatic heterocycles. The summed E-state index contributed by atoms with van der Waals surface area (Å²) in [6.45, 7) is 3.67. The summed E-state index contributed by atoms with van der Waals surface area (Å²) >= 11 is 0. The quantitative estimate of drug-likeness (QED) is 0.662. The van der Waals surface area contributed by atoms with E-state index in [-0.39, 0.29) is 5.56 Å². The molecule has 0 aromatic heterocycles. The average Bonchev–Trinajstić information content (AvgIpc) is 2.68. The van der Waals surface area contributed by atoms with Gasteiger partial charge in [0, 0.05) is 12.2 Å². The van der Waals surface area contributed by atoms with Crippen LogP contribution in [0.3, 0.4) is 0 Å². The molecule has 0 saturated carbocycles. The topological polar surface area (TPSA) is 84.9 Å². The van der Waals surface area contributed by atoms with Crippen molar-refractivity contribution in [2.24, 2.45) is 0 Å². The highest BCUT2D eigenvalue weighted by molar-refractivity contribution is 6.19. The lowest BCUT2D eigenvalue weighted by atomic mass is 9.99. The first kappa shape index (κ1) is 18.4. The molecular weight excluding hydrogens is 348 g/mol. The van der Waals surface area contributed by atoms with E-state index in [2.05, 4.69) is 10.1 Å². The summed E-state index contributed by atoms with van der Waals surface area (Å²) < 4.78 is 10.5. The van der Waals surface area contributed by atoms with Gasteiger partial charge in [0.25, 0.3) is 17.4 Å². The van der Waals surface area contributed by atoms with Crippen molar-refractivity contribution >= 4 is 29.2 Å². The molecule has 0 spiro atoms. The van der Waals surface area contributed by atoms with Crippen LogP contribution >= 0.6 is 0 Å². The minimum absolute atomic E-state index is 0.289. The minimum atomic E-state index is -1.73. The number of methoxy groups -OCH3 is 1. The number of amides is 2. The van der Waals surface area contributed by atoms with Gasteiger partial charge in [-0.1, -0.05) is 18.2 Å². The lowest BCUT2D eigenvalue weighted by Gasteiger charge is -2.39. The Labute approximate surface area is 156 Å². The van der Waals surface area contributed by atoms with Gasteiger partial charge in [0.1, 0.15) is 5.75 Å². The molecule has 0 radical (unpaired) electrons. The first-order chi connectivity index (χ1) is 12.9. The van der Waals surface area contributed by atoms with Crippen molar-refractivity contribution < 1.29 is 23.9 Å². The van der Waals surface area contributed by atoms with E-state index in [0.717, 1.165) is 0 Å². The summed E-state index contributed by atoms with van der Waals surface area (Å²) in [5, 5.41) is 2.66. The molecule has 7 nitrogen and oxygen atoms in total. The Hall–Kier alpha value is -3.35. The van der Waals surface area contributed by atoms with Crippen LogP contribution in [0.15, 0.2) is 48.5 Å². The van der Waals surface area contributed by atoms with Crippen LogP contribution in [0.1, 0.15) is 24.2 Å². The van der Waals surface area contributed by atoms with Crippen molar-refractivity contribution in [2.75, 3.05) is 23.9 Å². The van der Waals surface area contributed by atoms with Gasteiger partial charge in [-0.25, -0.2) is 4.79 Å². The smallest absolute Gasteiger partial charge is 0.337 e. The maximum Gasteiger partial charge on any atom is 0.337 e. The van der Waals surface area contributed by atoms with E-state index in [1.54, 1.807) is 42.5 Å². The highest BCUT2D eigenvalue weighted by atomic mass is 16.5. The van der Waals surface area contributed by atoms with Gasteiger partial charge in [0.05, 0.1) is 18.4 Å². The highest BCUT2D eigenvalue weighted by Crippen LogP contribution is 2.37. The van der Waals surface area contributed by atoms with E-state index in [9.17, 15) is 14.4 Å². The van der Waals surface area contributed by atoms with Crippen LogP contribution in [0.25, 0.3) is 0 Å². The third-order valence-electron chi connectivity index (χ3n) is 4.41. The minimum Gasteiger partial charge on any atom is -0.465 e. The first-order valence-electron chi connectivity index (χ1n) is 8.50. The fourth-order valence-corrected chi connectivity index (χ4v) is 2.95. The number of benzene rings is 2. The van der Waals surface area contributed by atoms with Gasteiger partial charge < -0.3 is 19.7 Å². The van der Waals surface area contributed by atoms with E-state index < -0.39 is 23.4 Å². The molecule has 1 N–H and O–H groups in total. The summed E-state index contributed by atoms with van der Waals surface area (Å²) in [7, 11) is 1.28. The number of nitrogens with zero attached hydrogens (tertiary/aromatic N) is 1. The first-order valence-corrected chi connectivity index (χ1v) is 8.50. The number of carbonyl (C=O) groups excluding carboxylic acids is 3. The predicted molar refractivity (Wildman–Crippen MR) is 99.9 cm³/mol. The number of ether oxygens (including phenoxy) is 2. The van der Waals surface area contributed by atoms with E-state index in [0.29, 0.717) is 23.7 Å². The lowest BCUT2D eigenvalue weighted by molar-refractivity contribution is -0.145. The number of hydrogen-bond donors (Lipinski definition) is 1. The summed E-state index contributed by atoms with van der Waals surface area (Å²) in [5.41, 5.74) is -0.451. The molecule has 7 heteroatoms. The van der Waals surface area contributed by atoms with Gasteiger partial charge in [0.2, 0.25) is 0 Å². The Morgan fingerprint density at radius 2 is 1.93 bits per heavy atom. The number of likely N-dealkylation sites (N-methyl/N-ethyl adjacent to an activating group) is 1. The normalized spacial score (nSPS) is 18.3. The monoisotopic (exact) mass is 368 g/mol. The standard InChI is InChI=1S/C20H20N2O5/c1-4-22-15-10-5-6-11-16(15)27-20(2,19(22)25)18(24)21-14-9-7-8-13(12-14)17(23)26-3/h5-12H,4H2,1-3H3,(H,21,24). The summed E-state index contributed by atoms with van der Waals surface area (Å²) in [6.07, 6.45) is 0. The van der Waals surface area contributed by atoms with Gasteiger partial charge in [-0.05, 0) is 44.2 Å². The Balaban J connectivity index is 1.90. The molecule has 27 heavy (non-hydrogen) atoms. The molecule has 2 amide bonds. The second-order valence-electron chi connectivity index (χ2n) is 6.18. The van der Waals surface area contributed by atoms with Crippen LogP contribution in [0.5, 0.6) is 5.75 Å². The predicted octanol–water partition coefficient (Wildman–Crippen LogP) is 2.62.